The number of carbonyl (C=O) groups is 1. The van der Waals surface area contributed by atoms with Crippen molar-refractivity contribution in [3.05, 3.63) is 53.4 Å². The van der Waals surface area contributed by atoms with Crippen LogP contribution in [0.5, 0.6) is 11.5 Å². The lowest BCUT2D eigenvalue weighted by Crippen LogP contribution is -2.24. The van der Waals surface area contributed by atoms with Crippen molar-refractivity contribution in [1.29, 1.82) is 0 Å². The van der Waals surface area contributed by atoms with Crippen molar-refractivity contribution in [3.8, 4) is 22.9 Å². The Kier molecular flexibility index (Phi) is 4.96. The summed E-state index contributed by atoms with van der Waals surface area (Å²) < 4.78 is 16.2. The van der Waals surface area contributed by atoms with Crippen LogP contribution in [0.15, 0.2) is 40.9 Å². The molecule has 2 heterocycles. The number of ether oxygens (including phenoxy) is 2. The maximum atomic E-state index is 12.7. The minimum atomic E-state index is -0.165. The number of anilines is 1. The molecule has 7 heteroatoms. The molecule has 0 N–H and O–H groups in total. The number of aromatic nitrogens is 2. The highest BCUT2D eigenvalue weighted by Crippen LogP contribution is 2.38. The molecule has 0 radical (unpaired) electrons. The maximum absolute atomic E-state index is 12.7. The van der Waals surface area contributed by atoms with Gasteiger partial charge in [0, 0.05) is 24.6 Å². The highest BCUT2D eigenvalue weighted by Gasteiger charge is 2.36. The first-order valence-electron chi connectivity index (χ1n) is 9.43. The van der Waals surface area contributed by atoms with E-state index >= 15 is 0 Å². The number of carbonyl (C=O) groups excluding carboxylic acids is 1. The van der Waals surface area contributed by atoms with Crippen molar-refractivity contribution in [2.24, 2.45) is 0 Å². The molecular formula is C22H23N3O4. The normalized spacial score (nSPS) is 16.3. The molecule has 1 fully saturated rings. The van der Waals surface area contributed by atoms with Crippen LogP contribution in [0.1, 0.15) is 29.4 Å². The van der Waals surface area contributed by atoms with Gasteiger partial charge in [0.25, 0.3) is 0 Å². The third kappa shape index (κ3) is 3.55. The quantitative estimate of drug-likeness (QED) is 0.654. The Morgan fingerprint density at radius 1 is 1.07 bits per heavy atom. The first-order valence-corrected chi connectivity index (χ1v) is 9.43. The van der Waals surface area contributed by atoms with E-state index in [9.17, 15) is 4.79 Å². The lowest BCUT2D eigenvalue weighted by Gasteiger charge is -2.19. The summed E-state index contributed by atoms with van der Waals surface area (Å²) in [6, 6.07) is 11.5. The van der Waals surface area contributed by atoms with Crippen LogP contribution >= 0.6 is 0 Å². The van der Waals surface area contributed by atoms with Crippen LogP contribution in [0.25, 0.3) is 11.4 Å². The van der Waals surface area contributed by atoms with Gasteiger partial charge < -0.3 is 18.9 Å². The molecule has 1 unspecified atom stereocenters. The highest BCUT2D eigenvalue weighted by atomic mass is 16.5. The number of amides is 1. The fourth-order valence-corrected chi connectivity index (χ4v) is 3.51. The Morgan fingerprint density at radius 2 is 1.90 bits per heavy atom. The number of hydrogen-bond donors (Lipinski definition) is 0. The van der Waals surface area contributed by atoms with Gasteiger partial charge in [-0.2, -0.15) is 4.98 Å². The first kappa shape index (κ1) is 19.0. The maximum Gasteiger partial charge on any atom is 0.232 e. The van der Waals surface area contributed by atoms with Gasteiger partial charge >= 0.3 is 0 Å². The summed E-state index contributed by atoms with van der Waals surface area (Å²) >= 11 is 0. The lowest BCUT2D eigenvalue weighted by molar-refractivity contribution is -0.117. The van der Waals surface area contributed by atoms with Gasteiger partial charge in [0.2, 0.25) is 17.6 Å². The Bertz CT molecular complexity index is 1060. The van der Waals surface area contributed by atoms with E-state index in [0.29, 0.717) is 41.9 Å². The average molecular weight is 393 g/mol. The minimum Gasteiger partial charge on any atom is -0.497 e. The van der Waals surface area contributed by atoms with Crippen LogP contribution in [0, 0.1) is 13.8 Å². The Balaban J connectivity index is 1.57. The van der Waals surface area contributed by atoms with Gasteiger partial charge in [-0.1, -0.05) is 17.3 Å². The molecule has 2 aromatic carbocycles. The zero-order valence-corrected chi connectivity index (χ0v) is 16.9. The van der Waals surface area contributed by atoms with E-state index in [1.54, 1.807) is 25.2 Å². The standard InChI is InChI=1S/C22H23N3O4/c1-13-5-6-15(9-14(13)2)21-23-22(29-24-21)16-10-20(26)25(12-16)18-8-7-17(27-3)11-19(18)28-4/h5-9,11,16H,10,12H2,1-4H3. The molecule has 0 saturated carbocycles. The molecule has 1 saturated heterocycles. The van der Waals surface area contributed by atoms with E-state index in [0.717, 1.165) is 5.56 Å². The Morgan fingerprint density at radius 3 is 2.62 bits per heavy atom. The van der Waals surface area contributed by atoms with Crippen LogP contribution in [-0.2, 0) is 4.79 Å². The fourth-order valence-electron chi connectivity index (χ4n) is 3.51. The summed E-state index contributed by atoms with van der Waals surface area (Å²) in [4.78, 5) is 18.9. The van der Waals surface area contributed by atoms with Gasteiger partial charge in [-0.05, 0) is 43.2 Å². The van der Waals surface area contributed by atoms with E-state index in [-0.39, 0.29) is 11.8 Å². The van der Waals surface area contributed by atoms with Gasteiger partial charge in [-0.15, -0.1) is 0 Å². The van der Waals surface area contributed by atoms with E-state index in [1.165, 1.54) is 11.1 Å². The molecule has 0 aliphatic carbocycles. The monoisotopic (exact) mass is 393 g/mol. The predicted octanol–water partition coefficient (Wildman–Crippen LogP) is 3.89. The predicted molar refractivity (Wildman–Crippen MR) is 108 cm³/mol. The second-order valence-electron chi connectivity index (χ2n) is 7.20. The van der Waals surface area contributed by atoms with Gasteiger partial charge in [0.1, 0.15) is 11.5 Å². The van der Waals surface area contributed by atoms with Crippen molar-refractivity contribution in [2.45, 2.75) is 26.2 Å². The smallest absolute Gasteiger partial charge is 0.232 e. The largest absolute Gasteiger partial charge is 0.497 e. The summed E-state index contributed by atoms with van der Waals surface area (Å²) in [6.07, 6.45) is 0.309. The van der Waals surface area contributed by atoms with Crippen molar-refractivity contribution in [2.75, 3.05) is 25.7 Å². The van der Waals surface area contributed by atoms with Crippen molar-refractivity contribution >= 4 is 11.6 Å². The van der Waals surface area contributed by atoms with Crippen LogP contribution in [0.2, 0.25) is 0 Å². The van der Waals surface area contributed by atoms with Crippen LogP contribution in [-0.4, -0.2) is 36.8 Å². The van der Waals surface area contributed by atoms with E-state index in [4.69, 9.17) is 14.0 Å². The minimum absolute atomic E-state index is 0.00982. The number of aryl methyl sites for hydroxylation is 2. The molecule has 7 nitrogen and oxygen atoms in total. The molecule has 1 aromatic heterocycles. The molecule has 1 atom stereocenters. The molecule has 1 aliphatic heterocycles. The van der Waals surface area contributed by atoms with Gasteiger partial charge in [0.15, 0.2) is 0 Å². The SMILES string of the molecule is COc1ccc(N2CC(c3nc(-c4ccc(C)c(C)c4)no3)CC2=O)c(OC)c1. The number of benzene rings is 2. The van der Waals surface area contributed by atoms with Crippen molar-refractivity contribution in [1.82, 2.24) is 10.1 Å². The van der Waals surface area contributed by atoms with Crippen LogP contribution in [0.4, 0.5) is 5.69 Å². The zero-order valence-electron chi connectivity index (χ0n) is 16.9. The summed E-state index contributed by atoms with van der Waals surface area (Å²) in [5, 5.41) is 4.12. The number of methoxy groups -OCH3 is 2. The van der Waals surface area contributed by atoms with Crippen LogP contribution in [0.3, 0.4) is 0 Å². The van der Waals surface area contributed by atoms with Crippen molar-refractivity contribution in [3.63, 3.8) is 0 Å². The second-order valence-corrected chi connectivity index (χ2v) is 7.20. The lowest BCUT2D eigenvalue weighted by atomic mass is 10.1. The van der Waals surface area contributed by atoms with Crippen molar-refractivity contribution < 1.29 is 18.8 Å². The van der Waals surface area contributed by atoms with E-state index in [2.05, 4.69) is 24.0 Å². The second kappa shape index (κ2) is 7.58. The Hall–Kier alpha value is -3.35. The molecular weight excluding hydrogens is 370 g/mol. The molecule has 150 valence electrons. The van der Waals surface area contributed by atoms with E-state index in [1.807, 2.05) is 30.3 Å². The van der Waals surface area contributed by atoms with Gasteiger partial charge in [-0.3, -0.25) is 4.79 Å². The van der Waals surface area contributed by atoms with Crippen LogP contribution < -0.4 is 14.4 Å². The number of nitrogens with zero attached hydrogens (tertiary/aromatic N) is 3. The number of hydrogen-bond acceptors (Lipinski definition) is 6. The molecule has 0 bridgehead atoms. The van der Waals surface area contributed by atoms with E-state index < -0.39 is 0 Å². The Labute approximate surface area is 169 Å². The molecule has 29 heavy (non-hydrogen) atoms. The fraction of sp³-hybridized carbons (Fsp3) is 0.318. The molecule has 0 spiro atoms. The average Bonchev–Trinajstić information content (AvgIpc) is 3.36. The summed E-state index contributed by atoms with van der Waals surface area (Å²) in [5.74, 6) is 2.09. The molecule has 3 aromatic rings. The number of rotatable bonds is 5. The first-order chi connectivity index (χ1) is 14.0. The third-order valence-corrected chi connectivity index (χ3v) is 5.36. The summed E-state index contributed by atoms with van der Waals surface area (Å²) in [7, 11) is 3.17. The van der Waals surface area contributed by atoms with Gasteiger partial charge in [0.05, 0.1) is 25.8 Å². The molecule has 1 amide bonds. The summed E-state index contributed by atoms with van der Waals surface area (Å²) in [5.41, 5.74) is 3.99. The molecule has 1 aliphatic rings. The van der Waals surface area contributed by atoms with Gasteiger partial charge in [-0.25, -0.2) is 0 Å². The molecule has 4 rings (SSSR count). The topological polar surface area (TPSA) is 77.7 Å². The third-order valence-electron chi connectivity index (χ3n) is 5.36. The summed E-state index contributed by atoms with van der Waals surface area (Å²) in [6.45, 7) is 4.57. The zero-order chi connectivity index (χ0) is 20.5. The highest BCUT2D eigenvalue weighted by molar-refractivity contribution is 5.97.